The van der Waals surface area contributed by atoms with Crippen LogP contribution >= 0.6 is 27.5 Å². The van der Waals surface area contributed by atoms with Gasteiger partial charge in [0.25, 0.3) is 0 Å². The summed E-state index contributed by atoms with van der Waals surface area (Å²) in [5.41, 5.74) is 2.14. The molecule has 0 radical (unpaired) electrons. The quantitative estimate of drug-likeness (QED) is 0.765. The summed E-state index contributed by atoms with van der Waals surface area (Å²) in [5, 5.41) is 3.98. The van der Waals surface area contributed by atoms with E-state index in [9.17, 15) is 4.39 Å². The van der Waals surface area contributed by atoms with Crippen molar-refractivity contribution in [1.82, 2.24) is 5.32 Å². The lowest BCUT2D eigenvalue weighted by molar-refractivity contribution is 0.491. The van der Waals surface area contributed by atoms with E-state index in [-0.39, 0.29) is 5.82 Å². The summed E-state index contributed by atoms with van der Waals surface area (Å²) in [4.78, 5) is 0. The maximum absolute atomic E-state index is 13.3. The van der Waals surface area contributed by atoms with Crippen molar-refractivity contribution in [3.63, 3.8) is 0 Å². The Morgan fingerprint density at radius 3 is 2.67 bits per heavy atom. The van der Waals surface area contributed by atoms with Crippen LogP contribution in [0.2, 0.25) is 5.02 Å². The molecule has 4 heteroatoms. The fourth-order valence-electron chi connectivity index (χ4n) is 2.50. The molecule has 0 bridgehead atoms. The third kappa shape index (κ3) is 5.10. The number of hydrogen-bond donors (Lipinski definition) is 1. The van der Waals surface area contributed by atoms with Gasteiger partial charge in [0.2, 0.25) is 0 Å². The third-order valence-electron chi connectivity index (χ3n) is 3.43. The zero-order chi connectivity index (χ0) is 15.2. The Bertz CT molecular complexity index is 603. The Morgan fingerprint density at radius 2 is 2.00 bits per heavy atom. The van der Waals surface area contributed by atoms with Gasteiger partial charge in [-0.25, -0.2) is 4.39 Å². The van der Waals surface area contributed by atoms with Crippen LogP contribution in [0.1, 0.15) is 11.1 Å². The van der Waals surface area contributed by atoms with Gasteiger partial charge in [-0.05, 0) is 67.7 Å². The molecule has 2 aromatic rings. The molecule has 0 spiro atoms. The molecule has 1 nitrogen and oxygen atoms in total. The SMILES string of the molecule is CNCC(Cc1cccc(F)c1)Cc1ccc(Br)cc1Cl. The first-order valence-electron chi connectivity index (χ1n) is 6.91. The van der Waals surface area contributed by atoms with Crippen molar-refractivity contribution in [2.75, 3.05) is 13.6 Å². The minimum absolute atomic E-state index is 0.183. The van der Waals surface area contributed by atoms with Gasteiger partial charge < -0.3 is 5.32 Å². The molecule has 0 amide bonds. The van der Waals surface area contributed by atoms with Gasteiger partial charge in [0.15, 0.2) is 0 Å². The number of benzene rings is 2. The fourth-order valence-corrected chi connectivity index (χ4v) is 3.25. The van der Waals surface area contributed by atoms with E-state index < -0.39 is 0 Å². The van der Waals surface area contributed by atoms with E-state index in [4.69, 9.17) is 11.6 Å². The molecule has 112 valence electrons. The molecular weight excluding hydrogens is 353 g/mol. The van der Waals surface area contributed by atoms with Crippen LogP contribution in [-0.2, 0) is 12.8 Å². The maximum Gasteiger partial charge on any atom is 0.123 e. The molecule has 0 aliphatic carbocycles. The van der Waals surface area contributed by atoms with Crippen molar-refractivity contribution in [3.8, 4) is 0 Å². The zero-order valence-corrected chi connectivity index (χ0v) is 14.2. The molecule has 0 saturated carbocycles. The van der Waals surface area contributed by atoms with Crippen LogP contribution < -0.4 is 5.32 Å². The number of halogens is 3. The van der Waals surface area contributed by atoms with E-state index in [1.54, 1.807) is 12.1 Å². The van der Waals surface area contributed by atoms with Gasteiger partial charge in [0, 0.05) is 9.50 Å². The van der Waals surface area contributed by atoms with Crippen molar-refractivity contribution < 1.29 is 4.39 Å². The summed E-state index contributed by atoms with van der Waals surface area (Å²) >= 11 is 9.71. The molecule has 1 atom stereocenters. The van der Waals surface area contributed by atoms with Gasteiger partial charge in [-0.1, -0.05) is 45.7 Å². The largest absolute Gasteiger partial charge is 0.319 e. The molecule has 1 unspecified atom stereocenters. The first-order valence-corrected chi connectivity index (χ1v) is 8.08. The summed E-state index contributed by atoms with van der Waals surface area (Å²) in [6.45, 7) is 0.864. The Morgan fingerprint density at radius 1 is 1.19 bits per heavy atom. The van der Waals surface area contributed by atoms with E-state index in [1.165, 1.54) is 6.07 Å². The second-order valence-corrected chi connectivity index (χ2v) is 6.52. The fraction of sp³-hybridized carbons (Fsp3) is 0.294. The molecule has 0 heterocycles. The van der Waals surface area contributed by atoms with Crippen molar-refractivity contribution in [2.24, 2.45) is 5.92 Å². The van der Waals surface area contributed by atoms with Crippen molar-refractivity contribution >= 4 is 27.5 Å². The van der Waals surface area contributed by atoms with Crippen LogP contribution in [0.15, 0.2) is 46.9 Å². The number of nitrogens with one attached hydrogen (secondary N) is 1. The van der Waals surface area contributed by atoms with Crippen LogP contribution in [0, 0.1) is 11.7 Å². The minimum Gasteiger partial charge on any atom is -0.319 e. The second-order valence-electron chi connectivity index (χ2n) is 5.20. The Kier molecular flexibility index (Phi) is 6.22. The van der Waals surface area contributed by atoms with E-state index in [0.717, 1.165) is 40.0 Å². The van der Waals surface area contributed by atoms with E-state index in [0.29, 0.717) is 5.92 Å². The highest BCUT2D eigenvalue weighted by Crippen LogP contribution is 2.25. The highest BCUT2D eigenvalue weighted by Gasteiger charge is 2.13. The van der Waals surface area contributed by atoms with Gasteiger partial charge in [0.1, 0.15) is 5.82 Å². The summed E-state index contributed by atoms with van der Waals surface area (Å²) in [6, 6.07) is 12.8. The Hall–Kier alpha value is -0.900. The zero-order valence-electron chi connectivity index (χ0n) is 11.9. The summed E-state index contributed by atoms with van der Waals surface area (Å²) < 4.78 is 14.3. The standard InChI is InChI=1S/C17H18BrClFN/c1-21-11-13(7-12-3-2-4-16(20)9-12)8-14-5-6-15(18)10-17(14)19/h2-6,9-10,13,21H,7-8,11H2,1H3. The highest BCUT2D eigenvalue weighted by atomic mass is 79.9. The van der Waals surface area contributed by atoms with Crippen LogP contribution in [0.25, 0.3) is 0 Å². The summed E-state index contributed by atoms with van der Waals surface area (Å²) in [5.74, 6) is 0.188. The van der Waals surface area contributed by atoms with Crippen LogP contribution in [0.4, 0.5) is 4.39 Å². The first-order chi connectivity index (χ1) is 10.1. The lowest BCUT2D eigenvalue weighted by Crippen LogP contribution is -2.23. The molecule has 0 aliphatic rings. The van der Waals surface area contributed by atoms with Gasteiger partial charge in [-0.15, -0.1) is 0 Å². The van der Waals surface area contributed by atoms with E-state index >= 15 is 0 Å². The predicted molar refractivity (Wildman–Crippen MR) is 90.4 cm³/mol. The molecule has 1 N–H and O–H groups in total. The van der Waals surface area contributed by atoms with Crippen molar-refractivity contribution in [3.05, 3.63) is 68.9 Å². The Labute approximate surface area is 138 Å². The van der Waals surface area contributed by atoms with E-state index in [2.05, 4.69) is 21.2 Å². The Balaban J connectivity index is 2.11. The average molecular weight is 371 g/mol. The maximum atomic E-state index is 13.3. The smallest absolute Gasteiger partial charge is 0.123 e. The highest BCUT2D eigenvalue weighted by molar-refractivity contribution is 9.10. The monoisotopic (exact) mass is 369 g/mol. The molecule has 0 fully saturated rings. The molecule has 2 rings (SSSR count). The first kappa shape index (κ1) is 16.5. The van der Waals surface area contributed by atoms with Crippen molar-refractivity contribution in [2.45, 2.75) is 12.8 Å². The van der Waals surface area contributed by atoms with Gasteiger partial charge in [0.05, 0.1) is 0 Å². The van der Waals surface area contributed by atoms with Crippen LogP contribution in [0.3, 0.4) is 0 Å². The molecule has 0 saturated heterocycles. The van der Waals surface area contributed by atoms with E-state index in [1.807, 2.05) is 31.3 Å². The number of hydrogen-bond acceptors (Lipinski definition) is 1. The lowest BCUT2D eigenvalue weighted by Gasteiger charge is -2.18. The van der Waals surface area contributed by atoms with Gasteiger partial charge in [-0.3, -0.25) is 0 Å². The van der Waals surface area contributed by atoms with Gasteiger partial charge >= 0.3 is 0 Å². The molecule has 0 aromatic heterocycles. The third-order valence-corrected chi connectivity index (χ3v) is 4.28. The van der Waals surface area contributed by atoms with Gasteiger partial charge in [-0.2, -0.15) is 0 Å². The van der Waals surface area contributed by atoms with Crippen LogP contribution in [0.5, 0.6) is 0 Å². The molecule has 21 heavy (non-hydrogen) atoms. The normalized spacial score (nSPS) is 12.4. The molecule has 0 aliphatic heterocycles. The summed E-state index contributed by atoms with van der Waals surface area (Å²) in [7, 11) is 1.93. The topological polar surface area (TPSA) is 12.0 Å². The minimum atomic E-state index is -0.183. The predicted octanol–water partition coefficient (Wildman–Crippen LogP) is 4.86. The molecular formula is C17H18BrClFN. The van der Waals surface area contributed by atoms with Crippen molar-refractivity contribution in [1.29, 1.82) is 0 Å². The second kappa shape index (κ2) is 7.92. The van der Waals surface area contributed by atoms with Crippen LogP contribution in [-0.4, -0.2) is 13.6 Å². The lowest BCUT2D eigenvalue weighted by atomic mass is 9.92. The number of rotatable bonds is 6. The molecule has 2 aromatic carbocycles. The summed E-state index contributed by atoms with van der Waals surface area (Å²) in [6.07, 6.45) is 1.69. The average Bonchev–Trinajstić information content (AvgIpc) is 2.42.